The summed E-state index contributed by atoms with van der Waals surface area (Å²) in [6, 6.07) is 3.36. The van der Waals surface area contributed by atoms with Gasteiger partial charge in [-0.3, -0.25) is 4.90 Å². The molecule has 0 aromatic carbocycles. The average Bonchev–Trinajstić information content (AvgIpc) is 2.43. The minimum atomic E-state index is 0.407. The molecule has 0 spiro atoms. The van der Waals surface area contributed by atoms with Crippen LogP contribution >= 0.6 is 0 Å². The van der Waals surface area contributed by atoms with Crippen LogP contribution in [0.4, 0.5) is 0 Å². The molecule has 2 heteroatoms. The van der Waals surface area contributed by atoms with E-state index >= 15 is 0 Å². The Morgan fingerprint density at radius 3 is 2.27 bits per heavy atom. The van der Waals surface area contributed by atoms with E-state index in [1.807, 2.05) is 0 Å². The molecule has 5 atom stereocenters. The molecule has 2 nitrogen and oxygen atoms in total. The summed E-state index contributed by atoms with van der Waals surface area (Å²) in [7, 11) is 0. The van der Waals surface area contributed by atoms with Gasteiger partial charge in [-0.25, -0.2) is 0 Å². The molecule has 0 aromatic heterocycles. The van der Waals surface area contributed by atoms with E-state index < -0.39 is 0 Å². The molecule has 4 fully saturated rings. The topological polar surface area (TPSA) is 27.0 Å². The van der Waals surface area contributed by atoms with Gasteiger partial charge in [-0.05, 0) is 24.7 Å². The third-order valence-corrected chi connectivity index (χ3v) is 3.77. The normalized spacial score (nSPS) is 58.3. The molecular weight excluding hydrogens is 136 g/mol. The first-order valence-electron chi connectivity index (χ1n) is 4.52. The van der Waals surface area contributed by atoms with E-state index in [-0.39, 0.29) is 0 Å². The average molecular weight is 148 g/mol. The number of nitriles is 1. The Balaban J connectivity index is 1.97. The van der Waals surface area contributed by atoms with E-state index in [1.165, 1.54) is 25.9 Å². The zero-order valence-corrected chi connectivity index (χ0v) is 6.53. The molecule has 58 valence electrons. The monoisotopic (exact) mass is 148 g/mol. The van der Waals surface area contributed by atoms with Gasteiger partial charge in [0.25, 0.3) is 0 Å². The SMILES string of the molecule is N#CC1[C@@H]2CC3C[C@H]1CN3C2. The zero-order valence-electron chi connectivity index (χ0n) is 6.53. The summed E-state index contributed by atoms with van der Waals surface area (Å²) in [4.78, 5) is 2.59. The van der Waals surface area contributed by atoms with Crippen LogP contribution in [-0.4, -0.2) is 24.0 Å². The van der Waals surface area contributed by atoms with Crippen molar-refractivity contribution in [3.8, 4) is 6.07 Å². The number of hydrogen-bond acceptors (Lipinski definition) is 2. The second kappa shape index (κ2) is 1.78. The van der Waals surface area contributed by atoms with Crippen molar-refractivity contribution >= 4 is 0 Å². The molecule has 11 heavy (non-hydrogen) atoms. The van der Waals surface area contributed by atoms with E-state index in [4.69, 9.17) is 5.26 Å². The van der Waals surface area contributed by atoms with Crippen molar-refractivity contribution in [2.24, 2.45) is 17.8 Å². The molecule has 4 rings (SSSR count). The van der Waals surface area contributed by atoms with Gasteiger partial charge in [0.1, 0.15) is 0 Å². The van der Waals surface area contributed by atoms with Crippen LogP contribution in [-0.2, 0) is 0 Å². The Bertz CT molecular complexity index is 200. The lowest BCUT2D eigenvalue weighted by Crippen LogP contribution is -2.34. The van der Waals surface area contributed by atoms with Crippen LogP contribution in [0.2, 0.25) is 0 Å². The van der Waals surface area contributed by atoms with E-state index in [9.17, 15) is 0 Å². The Hall–Kier alpha value is -0.550. The standard InChI is InChI=1S/C9H12N2/c10-3-9-6-1-8-2-7(9)5-11(8)4-6/h6-9H,1-2,4-5H2/t6-,7+,8?,9?. The van der Waals surface area contributed by atoms with Gasteiger partial charge in [0.05, 0.1) is 12.0 Å². The van der Waals surface area contributed by atoms with Crippen LogP contribution in [0.3, 0.4) is 0 Å². The van der Waals surface area contributed by atoms with E-state index in [0.29, 0.717) is 5.92 Å². The van der Waals surface area contributed by atoms with Crippen LogP contribution in [0.25, 0.3) is 0 Å². The van der Waals surface area contributed by atoms with Gasteiger partial charge in [0.15, 0.2) is 0 Å². The second-order valence-corrected chi connectivity index (χ2v) is 4.25. The fourth-order valence-corrected chi connectivity index (χ4v) is 3.33. The van der Waals surface area contributed by atoms with Gasteiger partial charge in [0.2, 0.25) is 0 Å². The van der Waals surface area contributed by atoms with Crippen molar-refractivity contribution < 1.29 is 0 Å². The van der Waals surface area contributed by atoms with Crippen LogP contribution in [0.1, 0.15) is 12.8 Å². The quantitative estimate of drug-likeness (QED) is 0.509. The van der Waals surface area contributed by atoms with Crippen molar-refractivity contribution in [1.82, 2.24) is 4.90 Å². The molecule has 0 aromatic rings. The summed E-state index contributed by atoms with van der Waals surface area (Å²) in [6.45, 7) is 2.44. The van der Waals surface area contributed by atoms with Crippen molar-refractivity contribution in [3.63, 3.8) is 0 Å². The zero-order chi connectivity index (χ0) is 7.42. The van der Waals surface area contributed by atoms with Crippen molar-refractivity contribution in [1.29, 1.82) is 5.26 Å². The van der Waals surface area contributed by atoms with Crippen molar-refractivity contribution in [2.75, 3.05) is 13.1 Å². The summed E-state index contributed by atoms with van der Waals surface area (Å²) in [5.41, 5.74) is 0. The first-order chi connectivity index (χ1) is 5.38. The molecule has 4 aliphatic rings. The minimum absolute atomic E-state index is 0.407. The third-order valence-electron chi connectivity index (χ3n) is 3.77. The van der Waals surface area contributed by atoms with Gasteiger partial charge < -0.3 is 0 Å². The van der Waals surface area contributed by atoms with Crippen LogP contribution in [0.15, 0.2) is 0 Å². The molecule has 3 unspecified atom stereocenters. The van der Waals surface area contributed by atoms with E-state index in [0.717, 1.165) is 17.9 Å². The maximum Gasteiger partial charge on any atom is 0.0662 e. The van der Waals surface area contributed by atoms with E-state index in [2.05, 4.69) is 11.0 Å². The summed E-state index contributed by atoms with van der Waals surface area (Å²) >= 11 is 0. The highest BCUT2D eigenvalue weighted by molar-refractivity contribution is 5.10. The lowest BCUT2D eigenvalue weighted by Gasteiger charge is -2.29. The molecular formula is C9H12N2. The maximum atomic E-state index is 8.94. The van der Waals surface area contributed by atoms with Crippen molar-refractivity contribution in [3.05, 3.63) is 0 Å². The van der Waals surface area contributed by atoms with Gasteiger partial charge in [-0.1, -0.05) is 0 Å². The number of piperidine rings is 1. The maximum absolute atomic E-state index is 8.94. The number of rotatable bonds is 0. The highest BCUT2D eigenvalue weighted by atomic mass is 15.2. The highest BCUT2D eigenvalue weighted by Crippen LogP contribution is 2.48. The largest absolute Gasteiger partial charge is 0.300 e. The van der Waals surface area contributed by atoms with Crippen LogP contribution in [0, 0.1) is 29.1 Å². The molecule has 3 aliphatic heterocycles. The van der Waals surface area contributed by atoms with Crippen LogP contribution < -0.4 is 0 Å². The fraction of sp³-hybridized carbons (Fsp3) is 0.889. The summed E-state index contributed by atoms with van der Waals surface area (Å²) in [5, 5.41) is 8.94. The molecule has 3 saturated heterocycles. The molecule has 0 amide bonds. The fourth-order valence-electron chi connectivity index (χ4n) is 3.33. The molecule has 4 bridgehead atoms. The lowest BCUT2D eigenvalue weighted by atomic mass is 9.74. The smallest absolute Gasteiger partial charge is 0.0662 e. The predicted molar refractivity (Wildman–Crippen MR) is 40.7 cm³/mol. The first-order valence-corrected chi connectivity index (χ1v) is 4.52. The summed E-state index contributed by atoms with van der Waals surface area (Å²) in [5.74, 6) is 1.87. The minimum Gasteiger partial charge on any atom is -0.300 e. The van der Waals surface area contributed by atoms with Gasteiger partial charge in [-0.15, -0.1) is 0 Å². The van der Waals surface area contributed by atoms with Crippen LogP contribution in [0.5, 0.6) is 0 Å². The predicted octanol–water partition coefficient (Wildman–Crippen LogP) is 0.850. The number of hydrogen-bond donors (Lipinski definition) is 0. The lowest BCUT2D eigenvalue weighted by molar-refractivity contribution is 0.207. The Labute approximate surface area is 66.8 Å². The molecule has 1 saturated carbocycles. The second-order valence-electron chi connectivity index (χ2n) is 4.25. The first kappa shape index (κ1) is 6.02. The summed E-state index contributed by atoms with van der Waals surface area (Å²) < 4.78 is 0. The molecule has 3 heterocycles. The van der Waals surface area contributed by atoms with Gasteiger partial charge in [0, 0.05) is 19.1 Å². The Morgan fingerprint density at radius 1 is 1.18 bits per heavy atom. The Kier molecular flexibility index (Phi) is 0.976. The highest BCUT2D eigenvalue weighted by Gasteiger charge is 2.51. The Morgan fingerprint density at radius 2 is 1.82 bits per heavy atom. The third kappa shape index (κ3) is 0.605. The van der Waals surface area contributed by atoms with E-state index in [1.54, 1.807) is 0 Å². The molecule has 0 radical (unpaired) electrons. The van der Waals surface area contributed by atoms with Crippen molar-refractivity contribution in [2.45, 2.75) is 18.9 Å². The van der Waals surface area contributed by atoms with Gasteiger partial charge >= 0.3 is 0 Å². The van der Waals surface area contributed by atoms with Gasteiger partial charge in [-0.2, -0.15) is 5.26 Å². The molecule has 0 N–H and O–H groups in total. The number of nitrogens with zero attached hydrogens (tertiary/aromatic N) is 2. The summed E-state index contributed by atoms with van der Waals surface area (Å²) in [6.07, 6.45) is 2.63. The molecule has 1 aliphatic carbocycles.